The molecule has 1 aromatic heterocycles. The normalized spacial score (nSPS) is 10.8. The molecule has 0 unspecified atom stereocenters. The fourth-order valence-electron chi connectivity index (χ4n) is 1.57. The van der Waals surface area contributed by atoms with E-state index in [1.807, 2.05) is 6.92 Å². The maximum Gasteiger partial charge on any atom is 0.252 e. The van der Waals surface area contributed by atoms with E-state index in [2.05, 4.69) is 39.8 Å². The highest BCUT2D eigenvalue weighted by Gasteiger charge is 2.04. The van der Waals surface area contributed by atoms with Crippen LogP contribution in [0.3, 0.4) is 0 Å². The molecule has 0 saturated heterocycles. The van der Waals surface area contributed by atoms with Crippen LogP contribution in [0.2, 0.25) is 0 Å². The number of guanidine groups is 1. The van der Waals surface area contributed by atoms with Gasteiger partial charge in [-0.2, -0.15) is 0 Å². The van der Waals surface area contributed by atoms with Crippen molar-refractivity contribution in [2.24, 2.45) is 10.9 Å². The minimum atomic E-state index is -0.117. The molecule has 124 valence electrons. The lowest BCUT2D eigenvalue weighted by Crippen LogP contribution is -2.41. The third kappa shape index (κ3) is 8.81. The number of rotatable bonds is 7. The van der Waals surface area contributed by atoms with Crippen molar-refractivity contribution in [3.8, 4) is 0 Å². The molecule has 0 aliphatic carbocycles. The number of nitrogens with one attached hydrogen (secondary N) is 3. The van der Waals surface area contributed by atoms with E-state index in [0.29, 0.717) is 24.6 Å². The van der Waals surface area contributed by atoms with Crippen molar-refractivity contribution in [3.05, 3.63) is 30.1 Å². The van der Waals surface area contributed by atoms with Crippen molar-refractivity contribution in [2.45, 2.75) is 20.8 Å². The van der Waals surface area contributed by atoms with E-state index in [4.69, 9.17) is 0 Å². The molecule has 7 heteroatoms. The smallest absolute Gasteiger partial charge is 0.252 e. The van der Waals surface area contributed by atoms with Gasteiger partial charge in [0.2, 0.25) is 0 Å². The molecule has 0 aliphatic heterocycles. The molecule has 0 radical (unpaired) electrons. The topological polar surface area (TPSA) is 78.4 Å². The summed E-state index contributed by atoms with van der Waals surface area (Å²) in [6, 6.07) is 3.49. The van der Waals surface area contributed by atoms with Gasteiger partial charge in [0.1, 0.15) is 0 Å². The maximum atomic E-state index is 11.8. The number of halogens is 1. The number of hydrogen-bond donors (Lipinski definition) is 3. The largest absolute Gasteiger partial charge is 0.357 e. The first-order chi connectivity index (χ1) is 10.1. The molecule has 6 nitrogen and oxygen atoms in total. The number of aromatic nitrogens is 1. The Bertz CT molecular complexity index is 451. The Hall–Kier alpha value is -1.38. The maximum absolute atomic E-state index is 11.8. The zero-order valence-electron chi connectivity index (χ0n) is 13.4. The Labute approximate surface area is 149 Å². The van der Waals surface area contributed by atoms with Gasteiger partial charge in [0.15, 0.2) is 5.96 Å². The molecule has 3 N–H and O–H groups in total. The number of aliphatic imine (C=N–C) groups is 1. The predicted octanol–water partition coefficient (Wildman–Crippen LogP) is 1.64. The van der Waals surface area contributed by atoms with Gasteiger partial charge in [0.05, 0.1) is 5.56 Å². The van der Waals surface area contributed by atoms with Crippen LogP contribution in [0.4, 0.5) is 0 Å². The summed E-state index contributed by atoms with van der Waals surface area (Å²) >= 11 is 0. The Morgan fingerprint density at radius 2 is 2.00 bits per heavy atom. The average Bonchev–Trinajstić information content (AvgIpc) is 2.49. The second-order valence-corrected chi connectivity index (χ2v) is 5.04. The van der Waals surface area contributed by atoms with Crippen LogP contribution in [-0.2, 0) is 0 Å². The van der Waals surface area contributed by atoms with Gasteiger partial charge in [-0.1, -0.05) is 13.8 Å². The molecule has 0 atom stereocenters. The second kappa shape index (κ2) is 12.2. The van der Waals surface area contributed by atoms with Gasteiger partial charge in [-0.05, 0) is 25.0 Å². The average molecular weight is 419 g/mol. The molecule has 1 heterocycles. The Morgan fingerprint density at radius 1 is 1.27 bits per heavy atom. The number of nitrogens with zero attached hydrogens (tertiary/aromatic N) is 2. The molecule has 22 heavy (non-hydrogen) atoms. The van der Waals surface area contributed by atoms with E-state index in [0.717, 1.165) is 19.0 Å². The summed E-state index contributed by atoms with van der Waals surface area (Å²) in [4.78, 5) is 20.2. The molecule has 0 saturated carbocycles. The third-order valence-corrected chi connectivity index (χ3v) is 2.59. The predicted molar refractivity (Wildman–Crippen MR) is 101 cm³/mol. The summed E-state index contributed by atoms with van der Waals surface area (Å²) < 4.78 is 0. The quantitative estimate of drug-likeness (QED) is 0.272. The Balaban J connectivity index is 0.00000441. The molecule has 1 aromatic rings. The number of amides is 1. The van der Waals surface area contributed by atoms with Crippen LogP contribution < -0.4 is 16.0 Å². The first-order valence-electron chi connectivity index (χ1n) is 7.34. The molecular weight excluding hydrogens is 393 g/mol. The number of pyridine rings is 1. The third-order valence-electron chi connectivity index (χ3n) is 2.59. The van der Waals surface area contributed by atoms with Gasteiger partial charge >= 0.3 is 0 Å². The molecule has 1 rings (SSSR count). The Morgan fingerprint density at radius 3 is 2.59 bits per heavy atom. The van der Waals surface area contributed by atoms with Gasteiger partial charge < -0.3 is 16.0 Å². The summed E-state index contributed by atoms with van der Waals surface area (Å²) in [6.45, 7) is 9.01. The minimum Gasteiger partial charge on any atom is -0.357 e. The first kappa shape index (κ1) is 20.6. The van der Waals surface area contributed by atoms with Gasteiger partial charge in [0, 0.05) is 38.6 Å². The molecular formula is C15H26IN5O. The SMILES string of the molecule is CCNC(=NCC(C)C)NCCNC(=O)c1cccnc1.I. The van der Waals surface area contributed by atoms with Gasteiger partial charge in [-0.25, -0.2) is 0 Å². The zero-order valence-corrected chi connectivity index (χ0v) is 15.8. The van der Waals surface area contributed by atoms with Crippen molar-refractivity contribution in [1.29, 1.82) is 0 Å². The van der Waals surface area contributed by atoms with Crippen LogP contribution in [0, 0.1) is 5.92 Å². The molecule has 0 spiro atoms. The van der Waals surface area contributed by atoms with Crippen molar-refractivity contribution in [2.75, 3.05) is 26.2 Å². The summed E-state index contributed by atoms with van der Waals surface area (Å²) in [5, 5.41) is 9.20. The second-order valence-electron chi connectivity index (χ2n) is 5.04. The highest BCUT2D eigenvalue weighted by molar-refractivity contribution is 14.0. The van der Waals surface area contributed by atoms with E-state index < -0.39 is 0 Å². The molecule has 0 aliphatic rings. The van der Waals surface area contributed by atoms with E-state index >= 15 is 0 Å². The van der Waals surface area contributed by atoms with Crippen LogP contribution in [0.5, 0.6) is 0 Å². The molecule has 0 fully saturated rings. The highest BCUT2D eigenvalue weighted by Crippen LogP contribution is 1.94. The van der Waals surface area contributed by atoms with Gasteiger partial charge in [0.25, 0.3) is 5.91 Å². The lowest BCUT2D eigenvalue weighted by molar-refractivity contribution is 0.0954. The number of carbonyl (C=O) groups is 1. The van der Waals surface area contributed by atoms with Crippen molar-refractivity contribution in [1.82, 2.24) is 20.9 Å². The van der Waals surface area contributed by atoms with Crippen molar-refractivity contribution >= 4 is 35.8 Å². The zero-order chi connectivity index (χ0) is 15.5. The number of hydrogen-bond acceptors (Lipinski definition) is 3. The monoisotopic (exact) mass is 419 g/mol. The first-order valence-corrected chi connectivity index (χ1v) is 7.34. The van der Waals surface area contributed by atoms with E-state index in [1.165, 1.54) is 0 Å². The van der Waals surface area contributed by atoms with E-state index in [9.17, 15) is 4.79 Å². The van der Waals surface area contributed by atoms with Crippen LogP contribution >= 0.6 is 24.0 Å². The van der Waals surface area contributed by atoms with Crippen molar-refractivity contribution in [3.63, 3.8) is 0 Å². The fourth-order valence-corrected chi connectivity index (χ4v) is 1.57. The minimum absolute atomic E-state index is 0. The molecule has 1 amide bonds. The van der Waals surface area contributed by atoms with E-state index in [1.54, 1.807) is 24.5 Å². The Kier molecular flexibility index (Phi) is 11.4. The molecule has 0 aromatic carbocycles. The van der Waals surface area contributed by atoms with Gasteiger partial charge in [-0.15, -0.1) is 24.0 Å². The summed E-state index contributed by atoms with van der Waals surface area (Å²) in [6.07, 6.45) is 3.20. The summed E-state index contributed by atoms with van der Waals surface area (Å²) in [5.41, 5.74) is 0.567. The van der Waals surface area contributed by atoms with Gasteiger partial charge in [-0.3, -0.25) is 14.8 Å². The number of carbonyl (C=O) groups excluding carboxylic acids is 1. The summed E-state index contributed by atoms with van der Waals surface area (Å²) in [7, 11) is 0. The lowest BCUT2D eigenvalue weighted by atomic mass is 10.2. The van der Waals surface area contributed by atoms with Crippen LogP contribution in [0.1, 0.15) is 31.1 Å². The molecule has 0 bridgehead atoms. The lowest BCUT2D eigenvalue weighted by Gasteiger charge is -2.12. The van der Waals surface area contributed by atoms with Crippen LogP contribution in [0.15, 0.2) is 29.5 Å². The van der Waals surface area contributed by atoms with E-state index in [-0.39, 0.29) is 29.9 Å². The van der Waals surface area contributed by atoms with Crippen molar-refractivity contribution < 1.29 is 4.79 Å². The summed E-state index contributed by atoms with van der Waals surface area (Å²) in [5.74, 6) is 1.18. The fraction of sp³-hybridized carbons (Fsp3) is 0.533. The highest BCUT2D eigenvalue weighted by atomic mass is 127. The standard InChI is InChI=1S/C15H25N5O.HI/c1-4-17-15(20-10-12(2)3)19-9-8-18-14(21)13-6-5-7-16-11-13;/h5-7,11-12H,4,8-10H2,1-3H3,(H,18,21)(H2,17,19,20);1H. The van der Waals surface area contributed by atoms with Crippen LogP contribution in [-0.4, -0.2) is 43.0 Å². The van der Waals surface area contributed by atoms with Crippen LogP contribution in [0.25, 0.3) is 0 Å².